The van der Waals surface area contributed by atoms with Crippen molar-refractivity contribution in [3.8, 4) is 0 Å². The van der Waals surface area contributed by atoms with Crippen molar-refractivity contribution in [1.29, 1.82) is 0 Å². The van der Waals surface area contributed by atoms with E-state index >= 15 is 0 Å². The van der Waals surface area contributed by atoms with E-state index in [2.05, 4.69) is 45.7 Å². The molecule has 2 rings (SSSR count). The Morgan fingerprint density at radius 3 is 1.39 bits per heavy atom. The summed E-state index contributed by atoms with van der Waals surface area (Å²) in [5.74, 6) is -0.714. The van der Waals surface area contributed by atoms with Gasteiger partial charge >= 0.3 is 21.0 Å². The Kier molecular flexibility index (Phi) is 14.0. The van der Waals surface area contributed by atoms with Gasteiger partial charge in [-0.25, -0.2) is 8.78 Å². The number of halogens is 2. The third-order valence-corrected chi connectivity index (χ3v) is 2.68. The van der Waals surface area contributed by atoms with Crippen molar-refractivity contribution in [3.05, 3.63) is 71.3 Å². The van der Waals surface area contributed by atoms with Gasteiger partial charge in [0.25, 0.3) is 0 Å². The van der Waals surface area contributed by atoms with E-state index in [1.165, 1.54) is 24.6 Å². The average Bonchev–Trinajstić information content (AvgIpc) is 2.66. The van der Waals surface area contributed by atoms with Gasteiger partial charge < -0.3 is 36.7 Å². The molecule has 145 valence electrons. The summed E-state index contributed by atoms with van der Waals surface area (Å²) in [5, 5.41) is 13.6. The molecule has 7 nitrogen and oxygen atoms in total. The second-order valence-electron chi connectivity index (χ2n) is 4.41. The van der Waals surface area contributed by atoms with Gasteiger partial charge in [0.05, 0.1) is 12.4 Å². The molecule has 4 N–H and O–H groups in total. The molecule has 0 spiro atoms. The van der Waals surface area contributed by atoms with Crippen LogP contribution in [-0.2, 0) is 46.3 Å². The molecule has 0 fully saturated rings. The SMILES string of the molecule is N/C([S-])=N\N=C/c1ccccc1F.N/C([S-])=N\N=C/c1ccccc1F.[O]=[V+2]. The average molecular weight is 459 g/mol. The van der Waals surface area contributed by atoms with Gasteiger partial charge in [0.1, 0.15) is 11.6 Å². The van der Waals surface area contributed by atoms with Gasteiger partial charge in [-0.1, -0.05) is 36.4 Å². The van der Waals surface area contributed by atoms with Crippen LogP contribution in [0, 0.1) is 11.6 Å². The normalized spacial score (nSPS) is 11.6. The summed E-state index contributed by atoms with van der Waals surface area (Å²) in [5.41, 5.74) is 10.8. The van der Waals surface area contributed by atoms with E-state index in [4.69, 9.17) is 15.1 Å². The zero-order valence-electron chi connectivity index (χ0n) is 14.1. The number of nitrogens with two attached hydrogens (primary N) is 2. The zero-order chi connectivity index (χ0) is 21.4. The Balaban J connectivity index is 0.000000478. The number of nitrogens with zero attached hydrogens (tertiary/aromatic N) is 4. The molecule has 28 heavy (non-hydrogen) atoms. The summed E-state index contributed by atoms with van der Waals surface area (Å²) in [7, 11) is 0. The minimum absolute atomic E-state index is 0.0763. The van der Waals surface area contributed by atoms with Crippen molar-refractivity contribution in [2.75, 3.05) is 0 Å². The third kappa shape index (κ3) is 11.9. The van der Waals surface area contributed by atoms with Crippen LogP contribution in [0.4, 0.5) is 8.78 Å². The minimum atomic E-state index is -0.357. The number of amidine groups is 2. The van der Waals surface area contributed by atoms with Crippen LogP contribution in [0.1, 0.15) is 11.1 Å². The first-order valence-electron chi connectivity index (χ1n) is 7.14. The van der Waals surface area contributed by atoms with E-state index in [-0.39, 0.29) is 22.0 Å². The second kappa shape index (κ2) is 15.5. The van der Waals surface area contributed by atoms with Crippen molar-refractivity contribution in [2.45, 2.75) is 0 Å². The molecule has 0 radical (unpaired) electrons. The summed E-state index contributed by atoms with van der Waals surface area (Å²) < 4.78 is 34.0. The maximum atomic E-state index is 12.9. The molecule has 0 aliphatic carbocycles. The molecule has 0 unspecified atom stereocenters. The van der Waals surface area contributed by atoms with Gasteiger partial charge in [-0.15, -0.1) is 0 Å². The van der Waals surface area contributed by atoms with E-state index in [0.29, 0.717) is 11.1 Å². The van der Waals surface area contributed by atoms with E-state index in [9.17, 15) is 8.78 Å². The molecule has 0 atom stereocenters. The van der Waals surface area contributed by atoms with E-state index < -0.39 is 0 Å². The van der Waals surface area contributed by atoms with E-state index in [1.807, 2.05) is 0 Å². The van der Waals surface area contributed by atoms with Crippen LogP contribution < -0.4 is 11.5 Å². The van der Waals surface area contributed by atoms with Gasteiger partial charge in [0, 0.05) is 11.1 Å². The van der Waals surface area contributed by atoms with Gasteiger partial charge in [0.15, 0.2) is 0 Å². The molecule has 0 aromatic heterocycles. The molecule has 0 aliphatic heterocycles. The summed E-state index contributed by atoms with van der Waals surface area (Å²) in [6.45, 7) is 0. The molecule has 0 bridgehead atoms. The Bertz CT molecular complexity index is 787. The first-order valence-corrected chi connectivity index (χ1v) is 8.53. The quantitative estimate of drug-likeness (QED) is 0.314. The third-order valence-electron chi connectivity index (χ3n) is 2.52. The molecule has 0 heterocycles. The van der Waals surface area contributed by atoms with Crippen LogP contribution in [0.15, 0.2) is 68.9 Å². The fraction of sp³-hybridized carbons (Fsp3) is 0. The first-order chi connectivity index (χ1) is 13.4. The molecule has 0 amide bonds. The van der Waals surface area contributed by atoms with Crippen LogP contribution in [0.25, 0.3) is 0 Å². The molecule has 2 aromatic carbocycles. The van der Waals surface area contributed by atoms with Crippen LogP contribution in [0.5, 0.6) is 0 Å². The number of hydrogen-bond acceptors (Lipinski definition) is 7. The second-order valence-corrected chi connectivity index (χ2v) is 5.25. The van der Waals surface area contributed by atoms with Crippen molar-refractivity contribution in [1.82, 2.24) is 0 Å². The topological polar surface area (TPSA) is 119 Å². The van der Waals surface area contributed by atoms with Crippen LogP contribution in [0.3, 0.4) is 0 Å². The predicted octanol–water partition coefficient (Wildman–Crippen LogP) is 1.92. The van der Waals surface area contributed by atoms with Crippen molar-refractivity contribution >= 4 is 48.0 Å². The van der Waals surface area contributed by atoms with Crippen LogP contribution in [-0.4, -0.2) is 22.8 Å². The first kappa shape index (κ1) is 25.4. The summed E-state index contributed by atoms with van der Waals surface area (Å²) >= 11 is 9.96. The van der Waals surface area contributed by atoms with Gasteiger partial charge in [-0.3, -0.25) is 0 Å². The fourth-order valence-corrected chi connectivity index (χ4v) is 1.55. The number of hydrogen-bond donors (Lipinski definition) is 2. The molecular weight excluding hydrogens is 445 g/mol. The molecule has 0 saturated heterocycles. The summed E-state index contributed by atoms with van der Waals surface area (Å²) in [6.07, 6.45) is 2.52. The molecule has 2 aromatic rings. The summed E-state index contributed by atoms with van der Waals surface area (Å²) in [6, 6.07) is 12.4. The molecule has 12 heteroatoms. The molecule has 0 saturated carbocycles. The maximum absolute atomic E-state index is 12.9. The predicted molar refractivity (Wildman–Crippen MR) is 107 cm³/mol. The molecular formula is C16H14F2N6OS2V. The Morgan fingerprint density at radius 1 is 0.786 bits per heavy atom. The number of benzene rings is 2. The Labute approximate surface area is 180 Å². The van der Waals surface area contributed by atoms with Crippen molar-refractivity contribution in [2.24, 2.45) is 31.9 Å². The van der Waals surface area contributed by atoms with Gasteiger partial charge in [-0.2, -0.15) is 20.4 Å². The van der Waals surface area contributed by atoms with Crippen molar-refractivity contribution in [3.63, 3.8) is 0 Å². The van der Waals surface area contributed by atoms with Crippen LogP contribution >= 0.6 is 0 Å². The van der Waals surface area contributed by atoms with Crippen LogP contribution in [0.2, 0.25) is 0 Å². The Morgan fingerprint density at radius 2 is 1.11 bits per heavy atom. The zero-order valence-corrected chi connectivity index (χ0v) is 17.2. The van der Waals surface area contributed by atoms with E-state index in [1.54, 1.807) is 36.4 Å². The summed E-state index contributed by atoms with van der Waals surface area (Å²) in [4.78, 5) is 0. The monoisotopic (exact) mass is 459 g/mol. The Hall–Kier alpha value is -2.60. The number of rotatable bonds is 4. The fourth-order valence-electron chi connectivity index (χ4n) is 1.46. The van der Waals surface area contributed by atoms with Crippen molar-refractivity contribution < 1.29 is 29.8 Å². The van der Waals surface area contributed by atoms with Gasteiger partial charge in [-0.05, 0) is 22.5 Å². The van der Waals surface area contributed by atoms with E-state index in [0.717, 1.165) is 17.4 Å². The standard InChI is InChI=1S/2C8H8FN3S.O.V/c2*9-7-4-2-1-3-6(7)5-11-12-8(10)13;;/h2*1-5H,(H3,10,12,13);;/q;;;+2/p-2/b2*11-5-;;. The van der Waals surface area contributed by atoms with Gasteiger partial charge in [0.2, 0.25) is 0 Å². The molecule has 0 aliphatic rings.